The number of halogens is 1. The van der Waals surface area contributed by atoms with Gasteiger partial charge < -0.3 is 10.2 Å². The van der Waals surface area contributed by atoms with Crippen LogP contribution in [0.4, 0.5) is 10.1 Å². The van der Waals surface area contributed by atoms with Gasteiger partial charge in [0.05, 0.1) is 11.9 Å². The molecule has 0 saturated heterocycles. The van der Waals surface area contributed by atoms with Crippen molar-refractivity contribution in [1.29, 1.82) is 0 Å². The number of nitrogens with one attached hydrogen (secondary N) is 1. The lowest BCUT2D eigenvalue weighted by atomic mass is 10.0. The van der Waals surface area contributed by atoms with Gasteiger partial charge in [-0.3, -0.25) is 13.9 Å². The molecule has 0 unspecified atom stereocenters. The number of sulfonamides is 1. The Morgan fingerprint density at radius 2 is 1.56 bits per heavy atom. The first-order valence-electron chi connectivity index (χ1n) is 14.0. The van der Waals surface area contributed by atoms with Crippen LogP contribution in [0.2, 0.25) is 0 Å². The van der Waals surface area contributed by atoms with E-state index in [1.807, 2.05) is 56.3 Å². The number of nitrogens with zero attached hydrogens (tertiary/aromatic N) is 2. The number of anilines is 1. The Morgan fingerprint density at radius 3 is 2.20 bits per heavy atom. The number of amides is 2. The highest BCUT2D eigenvalue weighted by atomic mass is 32.2. The molecule has 0 bridgehead atoms. The van der Waals surface area contributed by atoms with Crippen LogP contribution in [0.5, 0.6) is 0 Å². The number of para-hydroxylation sites is 1. The standard InChI is InChI=1S/C32H40FN3O4S/c1-4-5-21-34-32(38)30(23-26-13-7-6-8-14-26)35(24-27-17-19-28(33)20-18-27)31(37)16-11-22-36(41(3,39)40)29-15-10-9-12-25(29)2/h6-10,12-15,17-20,30H,4-5,11,16,21-24H2,1-3H3,(H,34,38)/t30-/m1/s1. The van der Waals surface area contributed by atoms with Gasteiger partial charge in [0.2, 0.25) is 21.8 Å². The lowest BCUT2D eigenvalue weighted by Crippen LogP contribution is -2.50. The van der Waals surface area contributed by atoms with Gasteiger partial charge in [0.25, 0.3) is 0 Å². The van der Waals surface area contributed by atoms with Crippen molar-refractivity contribution in [3.63, 3.8) is 0 Å². The molecule has 1 atom stereocenters. The summed E-state index contributed by atoms with van der Waals surface area (Å²) >= 11 is 0. The zero-order chi connectivity index (χ0) is 29.8. The number of aryl methyl sites for hydroxylation is 1. The van der Waals surface area contributed by atoms with E-state index in [-0.39, 0.29) is 43.6 Å². The predicted octanol–water partition coefficient (Wildman–Crippen LogP) is 5.24. The summed E-state index contributed by atoms with van der Waals surface area (Å²) in [7, 11) is -3.59. The van der Waals surface area contributed by atoms with Crippen molar-refractivity contribution in [2.45, 2.75) is 58.5 Å². The molecular weight excluding hydrogens is 541 g/mol. The average Bonchev–Trinajstić information content (AvgIpc) is 2.94. The summed E-state index contributed by atoms with van der Waals surface area (Å²) in [5.41, 5.74) is 2.98. The molecule has 0 saturated carbocycles. The molecular formula is C32H40FN3O4S. The summed E-state index contributed by atoms with van der Waals surface area (Å²) in [5.74, 6) is -0.920. The van der Waals surface area contributed by atoms with Crippen LogP contribution in [-0.2, 0) is 32.6 Å². The predicted molar refractivity (Wildman–Crippen MR) is 161 cm³/mol. The molecule has 0 heterocycles. The molecule has 9 heteroatoms. The molecule has 3 rings (SSSR count). The molecule has 41 heavy (non-hydrogen) atoms. The molecule has 0 aliphatic rings. The molecule has 0 spiro atoms. The SMILES string of the molecule is CCCCNC(=O)[C@@H](Cc1ccccc1)N(Cc1ccc(F)cc1)C(=O)CCCN(c1ccccc1C)S(C)(=O)=O. The monoisotopic (exact) mass is 581 g/mol. The Hall–Kier alpha value is -3.72. The maximum atomic E-state index is 13.8. The van der Waals surface area contributed by atoms with Gasteiger partial charge in [0.15, 0.2) is 0 Å². The van der Waals surface area contributed by atoms with Gasteiger partial charge in [0, 0.05) is 32.5 Å². The van der Waals surface area contributed by atoms with Gasteiger partial charge in [-0.05, 0) is 54.7 Å². The van der Waals surface area contributed by atoms with E-state index in [0.717, 1.165) is 30.2 Å². The van der Waals surface area contributed by atoms with E-state index in [0.29, 0.717) is 24.2 Å². The van der Waals surface area contributed by atoms with E-state index < -0.39 is 16.1 Å². The number of unbranched alkanes of at least 4 members (excludes halogenated alkanes) is 1. The molecule has 3 aromatic carbocycles. The van der Waals surface area contributed by atoms with Crippen molar-refractivity contribution >= 4 is 27.5 Å². The molecule has 0 aliphatic carbocycles. The number of carbonyl (C=O) groups excluding carboxylic acids is 2. The van der Waals surface area contributed by atoms with Crippen LogP contribution in [0.3, 0.4) is 0 Å². The quantitative estimate of drug-likeness (QED) is 0.249. The second-order valence-corrected chi connectivity index (χ2v) is 12.1. The Morgan fingerprint density at radius 1 is 0.902 bits per heavy atom. The second kappa shape index (κ2) is 15.3. The van der Waals surface area contributed by atoms with Gasteiger partial charge in [-0.15, -0.1) is 0 Å². The summed E-state index contributed by atoms with van der Waals surface area (Å²) in [6, 6.07) is 21.8. The smallest absolute Gasteiger partial charge is 0.243 e. The zero-order valence-corrected chi connectivity index (χ0v) is 24.9. The molecule has 0 fully saturated rings. The summed E-state index contributed by atoms with van der Waals surface area (Å²) in [6.45, 7) is 4.61. The maximum Gasteiger partial charge on any atom is 0.243 e. The molecule has 0 aromatic heterocycles. The van der Waals surface area contributed by atoms with Gasteiger partial charge in [-0.2, -0.15) is 0 Å². The van der Waals surface area contributed by atoms with E-state index in [1.165, 1.54) is 16.4 Å². The summed E-state index contributed by atoms with van der Waals surface area (Å²) in [5, 5.41) is 2.98. The van der Waals surface area contributed by atoms with Crippen molar-refractivity contribution in [3.8, 4) is 0 Å². The van der Waals surface area contributed by atoms with Crippen LogP contribution in [0, 0.1) is 12.7 Å². The third-order valence-corrected chi connectivity index (χ3v) is 8.08. The van der Waals surface area contributed by atoms with Gasteiger partial charge >= 0.3 is 0 Å². The summed E-state index contributed by atoms with van der Waals surface area (Å²) < 4.78 is 40.2. The number of carbonyl (C=O) groups is 2. The van der Waals surface area contributed by atoms with Gasteiger partial charge in [-0.25, -0.2) is 12.8 Å². The minimum absolute atomic E-state index is 0.0344. The maximum absolute atomic E-state index is 13.8. The number of benzene rings is 3. The minimum Gasteiger partial charge on any atom is -0.354 e. The van der Waals surface area contributed by atoms with Crippen LogP contribution < -0.4 is 9.62 Å². The largest absolute Gasteiger partial charge is 0.354 e. The van der Waals surface area contributed by atoms with Gasteiger partial charge in [0.1, 0.15) is 11.9 Å². The first-order chi connectivity index (χ1) is 19.6. The first kappa shape index (κ1) is 31.8. The van der Waals surface area contributed by atoms with E-state index in [4.69, 9.17) is 0 Å². The Labute approximate surface area is 243 Å². The summed E-state index contributed by atoms with van der Waals surface area (Å²) in [6.07, 6.45) is 3.49. The molecule has 0 radical (unpaired) electrons. The fourth-order valence-electron chi connectivity index (χ4n) is 4.67. The van der Waals surface area contributed by atoms with Crippen molar-refractivity contribution in [3.05, 3.63) is 101 Å². The highest BCUT2D eigenvalue weighted by Gasteiger charge is 2.30. The van der Waals surface area contributed by atoms with Crippen LogP contribution >= 0.6 is 0 Å². The highest BCUT2D eigenvalue weighted by Crippen LogP contribution is 2.23. The number of hydrogen-bond donors (Lipinski definition) is 1. The first-order valence-corrected chi connectivity index (χ1v) is 15.8. The number of rotatable bonds is 15. The third kappa shape index (κ3) is 9.70. The van der Waals surface area contributed by atoms with Crippen LogP contribution in [-0.4, -0.2) is 50.5 Å². The second-order valence-electron chi connectivity index (χ2n) is 10.2. The minimum atomic E-state index is -3.59. The molecule has 220 valence electrons. The average molecular weight is 582 g/mol. The van der Waals surface area contributed by atoms with Crippen molar-refractivity contribution in [2.75, 3.05) is 23.7 Å². The fourth-order valence-corrected chi connectivity index (χ4v) is 5.70. The van der Waals surface area contributed by atoms with Crippen LogP contribution in [0.1, 0.15) is 49.3 Å². The summed E-state index contributed by atoms with van der Waals surface area (Å²) in [4.78, 5) is 28.9. The van der Waals surface area contributed by atoms with Crippen molar-refractivity contribution in [2.24, 2.45) is 0 Å². The third-order valence-electron chi connectivity index (χ3n) is 6.90. The fraction of sp³-hybridized carbons (Fsp3) is 0.375. The lowest BCUT2D eigenvalue weighted by Gasteiger charge is -2.32. The van der Waals surface area contributed by atoms with E-state index >= 15 is 0 Å². The van der Waals surface area contributed by atoms with E-state index in [2.05, 4.69) is 5.32 Å². The number of hydrogen-bond acceptors (Lipinski definition) is 4. The highest BCUT2D eigenvalue weighted by molar-refractivity contribution is 7.92. The Kier molecular flexibility index (Phi) is 11.9. The molecule has 0 aliphatic heterocycles. The van der Waals surface area contributed by atoms with Crippen LogP contribution in [0.15, 0.2) is 78.9 Å². The van der Waals surface area contributed by atoms with E-state index in [1.54, 1.807) is 29.2 Å². The Balaban J connectivity index is 1.87. The zero-order valence-electron chi connectivity index (χ0n) is 24.1. The molecule has 2 amide bonds. The van der Waals surface area contributed by atoms with E-state index in [9.17, 15) is 22.4 Å². The molecule has 3 aromatic rings. The van der Waals surface area contributed by atoms with Gasteiger partial charge in [-0.1, -0.05) is 74.0 Å². The van der Waals surface area contributed by atoms with Crippen molar-refractivity contribution in [1.82, 2.24) is 10.2 Å². The molecule has 7 nitrogen and oxygen atoms in total. The van der Waals surface area contributed by atoms with Crippen LogP contribution in [0.25, 0.3) is 0 Å². The topological polar surface area (TPSA) is 86.8 Å². The lowest BCUT2D eigenvalue weighted by molar-refractivity contribution is -0.141. The van der Waals surface area contributed by atoms with Crippen molar-refractivity contribution < 1.29 is 22.4 Å². The normalized spacial score (nSPS) is 12.0. The molecule has 1 N–H and O–H groups in total. The Bertz CT molecular complexity index is 1380.